The molecule has 0 aliphatic heterocycles. The second kappa shape index (κ2) is 5.21. The van der Waals surface area contributed by atoms with Crippen molar-refractivity contribution in [1.82, 2.24) is 25.2 Å². The molecule has 0 bridgehead atoms. The second-order valence-electron chi connectivity index (χ2n) is 3.77. The van der Waals surface area contributed by atoms with Crippen molar-refractivity contribution in [3.05, 3.63) is 35.3 Å². The molecule has 9 heteroatoms. The quantitative estimate of drug-likeness (QED) is 0.667. The van der Waals surface area contributed by atoms with Crippen LogP contribution in [-0.2, 0) is 11.3 Å². The highest BCUT2D eigenvalue weighted by Gasteiger charge is 2.13. The molecule has 8 nitrogen and oxygen atoms in total. The number of thiophene rings is 1. The Bertz CT molecular complexity index is 718. The van der Waals surface area contributed by atoms with Crippen molar-refractivity contribution in [2.24, 2.45) is 0 Å². The van der Waals surface area contributed by atoms with Crippen LogP contribution in [0.2, 0.25) is 0 Å². The van der Waals surface area contributed by atoms with E-state index in [9.17, 15) is 4.79 Å². The van der Waals surface area contributed by atoms with Gasteiger partial charge < -0.3 is 9.15 Å². The molecule has 0 N–H and O–H groups in total. The van der Waals surface area contributed by atoms with Gasteiger partial charge in [-0.1, -0.05) is 11.3 Å². The lowest BCUT2D eigenvalue weighted by molar-refractivity contribution is 0.0594. The van der Waals surface area contributed by atoms with Crippen LogP contribution in [-0.4, -0.2) is 38.3 Å². The van der Waals surface area contributed by atoms with Crippen LogP contribution in [0.5, 0.6) is 0 Å². The van der Waals surface area contributed by atoms with E-state index >= 15 is 0 Å². The second-order valence-corrected chi connectivity index (χ2v) is 4.72. The van der Waals surface area contributed by atoms with Crippen LogP contribution in [0, 0.1) is 0 Å². The maximum Gasteiger partial charge on any atom is 0.360 e. The predicted molar refractivity (Wildman–Crippen MR) is 68.1 cm³/mol. The van der Waals surface area contributed by atoms with Crippen molar-refractivity contribution in [2.45, 2.75) is 6.54 Å². The van der Waals surface area contributed by atoms with Crippen molar-refractivity contribution in [3.8, 4) is 10.8 Å². The normalized spacial score (nSPS) is 10.7. The summed E-state index contributed by atoms with van der Waals surface area (Å²) in [5, 5.41) is 17.3. The first-order valence-electron chi connectivity index (χ1n) is 5.61. The van der Waals surface area contributed by atoms with E-state index in [2.05, 4.69) is 25.2 Å². The van der Waals surface area contributed by atoms with Crippen molar-refractivity contribution in [3.63, 3.8) is 0 Å². The third-order valence-corrected chi connectivity index (χ3v) is 3.29. The fourth-order valence-electron chi connectivity index (χ4n) is 1.53. The largest absolute Gasteiger partial charge is 0.464 e. The minimum absolute atomic E-state index is 0.130. The Morgan fingerprint density at radius 2 is 2.35 bits per heavy atom. The van der Waals surface area contributed by atoms with Crippen molar-refractivity contribution in [2.75, 3.05) is 7.11 Å². The molecule has 0 saturated heterocycles. The maximum absolute atomic E-state index is 11.3. The average Bonchev–Trinajstić information content (AvgIpc) is 3.19. The van der Waals surface area contributed by atoms with Gasteiger partial charge in [0, 0.05) is 0 Å². The zero-order valence-electron chi connectivity index (χ0n) is 10.4. The molecule has 0 aromatic carbocycles. The van der Waals surface area contributed by atoms with Gasteiger partial charge in [0.2, 0.25) is 5.89 Å². The lowest BCUT2D eigenvalue weighted by Gasteiger charge is -1.93. The van der Waals surface area contributed by atoms with Gasteiger partial charge in [-0.05, 0) is 11.4 Å². The average molecular weight is 291 g/mol. The van der Waals surface area contributed by atoms with E-state index in [1.165, 1.54) is 29.3 Å². The molecular formula is C11H9N5O3S. The maximum atomic E-state index is 11.3. The van der Waals surface area contributed by atoms with Crippen LogP contribution in [0.4, 0.5) is 0 Å². The number of aromatic nitrogens is 5. The number of ether oxygens (including phenoxy) is 1. The number of rotatable bonds is 4. The van der Waals surface area contributed by atoms with Gasteiger partial charge in [-0.15, -0.1) is 26.6 Å². The van der Waals surface area contributed by atoms with Gasteiger partial charge in [0.15, 0.2) is 5.69 Å². The molecule has 3 aromatic heterocycles. The van der Waals surface area contributed by atoms with E-state index in [1.54, 1.807) is 0 Å². The summed E-state index contributed by atoms with van der Waals surface area (Å²) in [5.41, 5.74) is 0.130. The Morgan fingerprint density at radius 3 is 3.10 bits per heavy atom. The van der Waals surface area contributed by atoms with Crippen LogP contribution in [0.1, 0.15) is 16.4 Å². The lowest BCUT2D eigenvalue weighted by Crippen LogP contribution is -2.02. The number of nitrogens with zero attached hydrogens (tertiary/aromatic N) is 5. The molecule has 0 aliphatic carbocycles. The summed E-state index contributed by atoms with van der Waals surface area (Å²) in [4.78, 5) is 12.2. The summed E-state index contributed by atoms with van der Waals surface area (Å²) < 4.78 is 11.5. The molecule has 3 rings (SSSR count). The highest BCUT2D eigenvalue weighted by atomic mass is 32.1. The molecule has 0 unspecified atom stereocenters. The van der Waals surface area contributed by atoms with E-state index in [1.807, 2.05) is 17.5 Å². The van der Waals surface area contributed by atoms with Crippen molar-refractivity contribution < 1.29 is 13.9 Å². The van der Waals surface area contributed by atoms with Crippen LogP contribution >= 0.6 is 11.3 Å². The number of methoxy groups -OCH3 is 1. The molecule has 0 atom stereocenters. The molecule has 3 aromatic rings. The minimum atomic E-state index is -0.541. The van der Waals surface area contributed by atoms with Gasteiger partial charge >= 0.3 is 5.97 Å². The third-order valence-electron chi connectivity index (χ3n) is 2.43. The number of esters is 1. The van der Waals surface area contributed by atoms with E-state index in [4.69, 9.17) is 4.42 Å². The highest BCUT2D eigenvalue weighted by molar-refractivity contribution is 7.13. The summed E-state index contributed by atoms with van der Waals surface area (Å²) in [6, 6.07) is 3.80. The van der Waals surface area contributed by atoms with E-state index in [-0.39, 0.29) is 12.2 Å². The SMILES string of the molecule is COC(=O)c1cn(Cc2nnc(-c3cccs3)o2)nn1. The summed E-state index contributed by atoms with van der Waals surface area (Å²) in [7, 11) is 1.28. The first-order valence-corrected chi connectivity index (χ1v) is 6.49. The Balaban J connectivity index is 1.75. The van der Waals surface area contributed by atoms with E-state index in [0.717, 1.165) is 4.88 Å². The third kappa shape index (κ3) is 2.43. The summed E-state index contributed by atoms with van der Waals surface area (Å²) in [6.07, 6.45) is 1.46. The molecule has 0 radical (unpaired) electrons. The van der Waals surface area contributed by atoms with Gasteiger partial charge in [-0.25, -0.2) is 9.48 Å². The smallest absolute Gasteiger partial charge is 0.360 e. The van der Waals surface area contributed by atoms with Crippen molar-refractivity contribution in [1.29, 1.82) is 0 Å². The molecule has 20 heavy (non-hydrogen) atoms. The number of carbonyl (C=O) groups excluding carboxylic acids is 1. The Hall–Kier alpha value is -2.55. The minimum Gasteiger partial charge on any atom is -0.464 e. The summed E-state index contributed by atoms with van der Waals surface area (Å²) >= 11 is 1.51. The Kier molecular flexibility index (Phi) is 3.25. The van der Waals surface area contributed by atoms with Gasteiger partial charge in [0.1, 0.15) is 6.54 Å². The number of hydrogen-bond donors (Lipinski definition) is 0. The van der Waals surface area contributed by atoms with E-state index < -0.39 is 5.97 Å². The number of carbonyl (C=O) groups is 1. The van der Waals surface area contributed by atoms with Gasteiger partial charge in [0.25, 0.3) is 5.89 Å². The van der Waals surface area contributed by atoms with Gasteiger partial charge in [0.05, 0.1) is 18.2 Å². The van der Waals surface area contributed by atoms with Gasteiger partial charge in [-0.3, -0.25) is 0 Å². The molecule has 0 aliphatic rings. The Labute approximate surface area is 117 Å². The molecular weight excluding hydrogens is 282 g/mol. The predicted octanol–water partition coefficient (Wildman–Crippen LogP) is 1.22. The number of hydrogen-bond acceptors (Lipinski definition) is 8. The molecule has 0 spiro atoms. The molecule has 0 amide bonds. The molecule has 0 fully saturated rings. The van der Waals surface area contributed by atoms with Crippen LogP contribution in [0.15, 0.2) is 28.1 Å². The highest BCUT2D eigenvalue weighted by Crippen LogP contribution is 2.22. The molecule has 102 valence electrons. The van der Waals surface area contributed by atoms with Crippen LogP contribution in [0.3, 0.4) is 0 Å². The van der Waals surface area contributed by atoms with Crippen LogP contribution < -0.4 is 0 Å². The molecule has 3 heterocycles. The zero-order valence-corrected chi connectivity index (χ0v) is 11.2. The van der Waals surface area contributed by atoms with Crippen molar-refractivity contribution >= 4 is 17.3 Å². The zero-order chi connectivity index (χ0) is 13.9. The fourth-order valence-corrected chi connectivity index (χ4v) is 2.17. The summed E-state index contributed by atoms with van der Waals surface area (Å²) in [5.74, 6) is 0.305. The lowest BCUT2D eigenvalue weighted by atomic mass is 10.5. The fraction of sp³-hybridized carbons (Fsp3) is 0.182. The van der Waals surface area contributed by atoms with E-state index in [0.29, 0.717) is 11.8 Å². The topological polar surface area (TPSA) is 95.9 Å². The standard InChI is InChI=1S/C11H9N5O3S/c1-18-11(17)7-5-16(15-12-7)6-9-13-14-10(19-9)8-3-2-4-20-8/h2-5H,6H2,1H3. The van der Waals surface area contributed by atoms with Crippen LogP contribution in [0.25, 0.3) is 10.8 Å². The Morgan fingerprint density at radius 1 is 1.45 bits per heavy atom. The monoisotopic (exact) mass is 291 g/mol. The summed E-state index contributed by atoms with van der Waals surface area (Å²) in [6.45, 7) is 0.238. The molecule has 0 saturated carbocycles. The first kappa shape index (κ1) is 12.5. The first-order chi connectivity index (χ1) is 9.76. The van der Waals surface area contributed by atoms with Gasteiger partial charge in [-0.2, -0.15) is 0 Å².